The van der Waals surface area contributed by atoms with Crippen molar-refractivity contribution >= 4 is 0 Å². The topological polar surface area (TPSA) is 9.23 Å². The van der Waals surface area contributed by atoms with Crippen LogP contribution in [0, 0.1) is 11.7 Å². The molecule has 0 spiro atoms. The van der Waals surface area contributed by atoms with Crippen molar-refractivity contribution in [3.05, 3.63) is 59.9 Å². The molecule has 2 aromatic carbocycles. The Morgan fingerprint density at radius 1 is 1.05 bits per heavy atom. The molecule has 0 aromatic heterocycles. The third-order valence-electron chi connectivity index (χ3n) is 3.74. The second-order valence-corrected chi connectivity index (χ2v) is 5.52. The monoisotopic (exact) mass is 270 g/mol. The molecule has 0 atom stereocenters. The number of hydrogen-bond donors (Lipinski definition) is 0. The summed E-state index contributed by atoms with van der Waals surface area (Å²) in [6.07, 6.45) is 6.27. The number of ether oxygens (including phenoxy) is 1. The van der Waals surface area contributed by atoms with Crippen molar-refractivity contribution in [2.75, 3.05) is 0 Å². The first kappa shape index (κ1) is 13.2. The van der Waals surface area contributed by atoms with Crippen molar-refractivity contribution in [1.82, 2.24) is 0 Å². The Balaban J connectivity index is 1.66. The summed E-state index contributed by atoms with van der Waals surface area (Å²) < 4.78 is 19.4. The number of hydrogen-bond acceptors (Lipinski definition) is 1. The molecule has 2 heteroatoms. The molecule has 1 aliphatic rings. The Kier molecular flexibility index (Phi) is 4.00. The van der Waals surface area contributed by atoms with Crippen molar-refractivity contribution in [3.63, 3.8) is 0 Å². The maximum absolute atomic E-state index is 13.8. The van der Waals surface area contributed by atoms with Crippen LogP contribution in [-0.2, 0) is 6.42 Å². The van der Waals surface area contributed by atoms with Gasteiger partial charge < -0.3 is 4.74 Å². The van der Waals surface area contributed by atoms with Crippen LogP contribution < -0.4 is 4.74 Å². The van der Waals surface area contributed by atoms with E-state index >= 15 is 0 Å². The molecule has 0 radical (unpaired) electrons. The van der Waals surface area contributed by atoms with Gasteiger partial charge in [0.05, 0.1) is 0 Å². The quantitative estimate of drug-likeness (QED) is 0.687. The van der Waals surface area contributed by atoms with E-state index in [1.807, 2.05) is 42.5 Å². The van der Waals surface area contributed by atoms with E-state index in [9.17, 15) is 4.39 Å². The summed E-state index contributed by atoms with van der Waals surface area (Å²) in [5.41, 5.74) is 1.15. The Labute approximate surface area is 119 Å². The van der Waals surface area contributed by atoms with Crippen molar-refractivity contribution in [3.8, 4) is 11.5 Å². The number of halogens is 1. The lowest BCUT2D eigenvalue weighted by molar-refractivity contribution is 0.441. The summed E-state index contributed by atoms with van der Waals surface area (Å²) in [5.74, 6) is 1.64. The van der Waals surface area contributed by atoms with E-state index in [2.05, 4.69) is 0 Å². The predicted octanol–water partition coefficient (Wildman–Crippen LogP) is 5.35. The molecule has 3 rings (SSSR count). The highest BCUT2D eigenvalue weighted by molar-refractivity contribution is 5.35. The smallest absolute Gasteiger partial charge is 0.165 e. The molecule has 0 saturated heterocycles. The van der Waals surface area contributed by atoms with Crippen molar-refractivity contribution in [2.45, 2.75) is 32.1 Å². The van der Waals surface area contributed by atoms with Gasteiger partial charge in [0.15, 0.2) is 11.6 Å². The van der Waals surface area contributed by atoms with Crippen molar-refractivity contribution in [2.24, 2.45) is 5.92 Å². The first-order valence-corrected chi connectivity index (χ1v) is 7.32. The van der Waals surface area contributed by atoms with Gasteiger partial charge in [-0.25, -0.2) is 4.39 Å². The highest BCUT2D eigenvalue weighted by Crippen LogP contribution is 2.34. The number of aryl methyl sites for hydroxylation is 1. The van der Waals surface area contributed by atoms with Gasteiger partial charge in [-0.3, -0.25) is 0 Å². The van der Waals surface area contributed by atoms with E-state index in [1.54, 1.807) is 0 Å². The van der Waals surface area contributed by atoms with Crippen LogP contribution in [0.1, 0.15) is 31.2 Å². The Morgan fingerprint density at radius 2 is 1.85 bits per heavy atom. The molecule has 20 heavy (non-hydrogen) atoms. The van der Waals surface area contributed by atoms with Gasteiger partial charge in [-0.1, -0.05) is 43.5 Å². The summed E-state index contributed by atoms with van der Waals surface area (Å²) >= 11 is 0. The summed E-state index contributed by atoms with van der Waals surface area (Å²) in [7, 11) is 0. The molecular weight excluding hydrogens is 251 g/mol. The number of para-hydroxylation sites is 1. The normalized spacial score (nSPS) is 14.2. The summed E-state index contributed by atoms with van der Waals surface area (Å²) in [4.78, 5) is 0. The minimum Gasteiger partial charge on any atom is -0.454 e. The maximum atomic E-state index is 13.8. The molecule has 0 heterocycles. The largest absolute Gasteiger partial charge is 0.454 e. The van der Waals surface area contributed by atoms with Gasteiger partial charge in [0.25, 0.3) is 0 Å². The third-order valence-corrected chi connectivity index (χ3v) is 3.74. The van der Waals surface area contributed by atoms with Gasteiger partial charge in [-0.05, 0) is 48.6 Å². The summed E-state index contributed by atoms with van der Waals surface area (Å²) in [6, 6.07) is 14.5. The second kappa shape index (κ2) is 6.08. The van der Waals surface area contributed by atoms with Crippen molar-refractivity contribution < 1.29 is 9.13 Å². The molecular formula is C18H19FO. The predicted molar refractivity (Wildman–Crippen MR) is 78.6 cm³/mol. The van der Waals surface area contributed by atoms with Crippen LogP contribution in [-0.4, -0.2) is 0 Å². The standard InChI is InChI=1S/C18H19FO/c19-17-12-11-15(6-4-5-14-9-10-14)13-18(17)20-16-7-2-1-3-8-16/h1-3,7-8,11-14H,4-6,9-10H2. The molecule has 1 aliphatic carbocycles. The van der Waals surface area contributed by atoms with Crippen LogP contribution in [0.4, 0.5) is 4.39 Å². The van der Waals surface area contributed by atoms with Gasteiger partial charge in [0.1, 0.15) is 5.75 Å². The average molecular weight is 270 g/mol. The fourth-order valence-corrected chi connectivity index (χ4v) is 2.40. The molecule has 1 saturated carbocycles. The van der Waals surface area contributed by atoms with E-state index < -0.39 is 0 Å². The van der Waals surface area contributed by atoms with E-state index in [0.29, 0.717) is 11.5 Å². The Hall–Kier alpha value is -1.83. The first-order chi connectivity index (χ1) is 9.81. The van der Waals surface area contributed by atoms with Crippen LogP contribution in [0.15, 0.2) is 48.5 Å². The molecule has 0 unspecified atom stereocenters. The molecule has 104 valence electrons. The number of benzene rings is 2. The van der Waals surface area contributed by atoms with Crippen LogP contribution in [0.25, 0.3) is 0 Å². The average Bonchev–Trinajstić information content (AvgIpc) is 3.28. The van der Waals surface area contributed by atoms with E-state index in [1.165, 1.54) is 31.7 Å². The lowest BCUT2D eigenvalue weighted by Crippen LogP contribution is -1.92. The lowest BCUT2D eigenvalue weighted by Gasteiger charge is -2.09. The number of rotatable bonds is 6. The van der Waals surface area contributed by atoms with E-state index in [4.69, 9.17) is 4.74 Å². The summed E-state index contributed by atoms with van der Waals surface area (Å²) in [5, 5.41) is 0. The molecule has 1 nitrogen and oxygen atoms in total. The molecule has 0 bridgehead atoms. The van der Waals surface area contributed by atoms with Gasteiger partial charge in [-0.2, -0.15) is 0 Å². The maximum Gasteiger partial charge on any atom is 0.165 e. The zero-order valence-electron chi connectivity index (χ0n) is 11.5. The Morgan fingerprint density at radius 3 is 2.60 bits per heavy atom. The first-order valence-electron chi connectivity index (χ1n) is 7.32. The van der Waals surface area contributed by atoms with E-state index in [0.717, 1.165) is 17.9 Å². The van der Waals surface area contributed by atoms with Crippen LogP contribution >= 0.6 is 0 Å². The zero-order chi connectivity index (χ0) is 13.8. The minimum atomic E-state index is -0.306. The molecule has 1 fully saturated rings. The fraction of sp³-hybridized carbons (Fsp3) is 0.333. The molecule has 0 aliphatic heterocycles. The SMILES string of the molecule is Fc1ccc(CCCC2CC2)cc1Oc1ccccc1. The van der Waals surface area contributed by atoms with Crippen LogP contribution in [0.2, 0.25) is 0 Å². The molecule has 0 amide bonds. The summed E-state index contributed by atoms with van der Waals surface area (Å²) in [6.45, 7) is 0. The lowest BCUT2D eigenvalue weighted by atomic mass is 10.1. The Bertz CT molecular complexity index is 561. The van der Waals surface area contributed by atoms with Gasteiger partial charge >= 0.3 is 0 Å². The van der Waals surface area contributed by atoms with Crippen LogP contribution in [0.5, 0.6) is 11.5 Å². The zero-order valence-corrected chi connectivity index (χ0v) is 11.5. The fourth-order valence-electron chi connectivity index (χ4n) is 2.40. The van der Waals surface area contributed by atoms with Gasteiger partial charge in [0.2, 0.25) is 0 Å². The van der Waals surface area contributed by atoms with Gasteiger partial charge in [-0.15, -0.1) is 0 Å². The van der Waals surface area contributed by atoms with E-state index in [-0.39, 0.29) is 5.82 Å². The third kappa shape index (κ3) is 3.60. The molecule has 0 N–H and O–H groups in total. The minimum absolute atomic E-state index is 0.306. The molecule has 2 aromatic rings. The highest BCUT2D eigenvalue weighted by Gasteiger charge is 2.20. The second-order valence-electron chi connectivity index (χ2n) is 5.52. The van der Waals surface area contributed by atoms with Gasteiger partial charge in [0, 0.05) is 0 Å². The van der Waals surface area contributed by atoms with Crippen LogP contribution in [0.3, 0.4) is 0 Å². The van der Waals surface area contributed by atoms with Crippen molar-refractivity contribution in [1.29, 1.82) is 0 Å². The highest BCUT2D eigenvalue weighted by atomic mass is 19.1.